The first-order chi connectivity index (χ1) is 31.2. The SMILES string of the molecule is c1cc2ccc3ccc(-c4ccc(-c5ccc(-c6ccc(-c7ccc8ccc9cccc%10ccc7c8c9%10)cc6)c(-c6cccc7c6sc6ccccc67)c5)cc4)c4ccc(c1)c2c34. The van der Waals surface area contributed by atoms with Crippen LogP contribution in [-0.4, -0.2) is 0 Å². The summed E-state index contributed by atoms with van der Waals surface area (Å²) >= 11 is 1.90. The zero-order chi connectivity index (χ0) is 41.2. The van der Waals surface area contributed by atoms with Crippen molar-refractivity contribution in [3.05, 3.63) is 218 Å². The smallest absolute Gasteiger partial charge is 0.0434 e. The molecule has 0 unspecified atom stereocenters. The Bertz CT molecular complexity index is 4080. The van der Waals surface area contributed by atoms with Crippen molar-refractivity contribution in [3.63, 3.8) is 0 Å². The molecular weight excluding hydrogens is 777 g/mol. The van der Waals surface area contributed by atoms with Crippen molar-refractivity contribution in [2.75, 3.05) is 0 Å². The van der Waals surface area contributed by atoms with Gasteiger partial charge in [-0.05, 0) is 127 Å². The molecule has 0 aliphatic rings. The van der Waals surface area contributed by atoms with Gasteiger partial charge in [-0.3, -0.25) is 0 Å². The molecule has 0 amide bonds. The molecule has 1 heterocycles. The zero-order valence-corrected chi connectivity index (χ0v) is 35.0. The molecule has 14 rings (SSSR count). The van der Waals surface area contributed by atoms with Crippen molar-refractivity contribution in [2.45, 2.75) is 0 Å². The maximum Gasteiger partial charge on any atom is 0.0434 e. The second-order valence-electron chi connectivity index (χ2n) is 17.1. The fourth-order valence-electron chi connectivity index (χ4n) is 10.8. The summed E-state index contributed by atoms with van der Waals surface area (Å²) in [4.78, 5) is 0. The zero-order valence-electron chi connectivity index (χ0n) is 34.2. The molecule has 0 aliphatic heterocycles. The summed E-state index contributed by atoms with van der Waals surface area (Å²) in [7, 11) is 0. The van der Waals surface area contributed by atoms with Crippen LogP contribution < -0.4 is 0 Å². The van der Waals surface area contributed by atoms with E-state index in [-0.39, 0.29) is 0 Å². The first kappa shape index (κ1) is 34.8. The van der Waals surface area contributed by atoms with Crippen molar-refractivity contribution in [1.82, 2.24) is 0 Å². The second kappa shape index (κ2) is 13.3. The molecule has 63 heavy (non-hydrogen) atoms. The van der Waals surface area contributed by atoms with Gasteiger partial charge in [0.05, 0.1) is 0 Å². The van der Waals surface area contributed by atoms with E-state index < -0.39 is 0 Å². The Hall–Kier alpha value is -7.84. The summed E-state index contributed by atoms with van der Waals surface area (Å²) in [5.74, 6) is 0. The van der Waals surface area contributed by atoms with Gasteiger partial charge in [0.1, 0.15) is 0 Å². The molecule has 0 saturated carbocycles. The average molecular weight is 813 g/mol. The van der Waals surface area contributed by atoms with Gasteiger partial charge in [0.15, 0.2) is 0 Å². The largest absolute Gasteiger partial charge is 0.135 e. The Kier molecular flexibility index (Phi) is 7.37. The fourth-order valence-corrected chi connectivity index (χ4v) is 12.0. The van der Waals surface area contributed by atoms with E-state index in [1.54, 1.807) is 0 Å². The third kappa shape index (κ3) is 5.21. The Morgan fingerprint density at radius 3 is 1.24 bits per heavy atom. The Morgan fingerprint density at radius 1 is 0.222 bits per heavy atom. The van der Waals surface area contributed by atoms with Crippen LogP contribution in [0.3, 0.4) is 0 Å². The Labute approximate surface area is 368 Å². The molecule has 0 aliphatic carbocycles. The van der Waals surface area contributed by atoms with Crippen LogP contribution >= 0.6 is 11.3 Å². The van der Waals surface area contributed by atoms with E-state index >= 15 is 0 Å². The monoisotopic (exact) mass is 812 g/mol. The summed E-state index contributed by atoms with van der Waals surface area (Å²) in [5.41, 5.74) is 12.4. The molecule has 0 radical (unpaired) electrons. The van der Waals surface area contributed by atoms with Gasteiger partial charge in [0, 0.05) is 25.7 Å². The van der Waals surface area contributed by atoms with Crippen LogP contribution in [0.15, 0.2) is 218 Å². The fraction of sp³-hybridized carbons (Fsp3) is 0. The molecule has 1 aromatic heterocycles. The maximum absolute atomic E-state index is 2.43. The van der Waals surface area contributed by atoms with E-state index in [2.05, 4.69) is 218 Å². The van der Waals surface area contributed by atoms with Gasteiger partial charge in [-0.2, -0.15) is 0 Å². The molecule has 0 nitrogen and oxygen atoms in total. The van der Waals surface area contributed by atoms with Crippen LogP contribution in [-0.2, 0) is 0 Å². The van der Waals surface area contributed by atoms with Crippen molar-refractivity contribution in [3.8, 4) is 55.6 Å². The summed E-state index contributed by atoms with van der Waals surface area (Å²) in [6.45, 7) is 0. The van der Waals surface area contributed by atoms with Crippen molar-refractivity contribution in [2.24, 2.45) is 0 Å². The normalized spacial score (nSPS) is 12.1. The molecule has 14 aromatic rings. The number of thiophene rings is 1. The standard InChI is InChI=1S/C62H36S/c1-2-13-57-51(10-1)54-11-5-12-55(62(54)63-57)56-36-47(37-14-16-38(17-15-37)48-31-26-45-24-22-41-6-3-8-43-28-34-52(48)60(45)58(41)43)30-33-50(56)40-20-18-39(19-21-40)49-32-27-46-25-23-42-7-4-9-44-29-35-53(49)61(46)59(42)44/h1-36H. The van der Waals surface area contributed by atoms with E-state index in [9.17, 15) is 0 Å². The molecule has 1 heteroatoms. The van der Waals surface area contributed by atoms with Gasteiger partial charge in [0.2, 0.25) is 0 Å². The molecule has 290 valence electrons. The van der Waals surface area contributed by atoms with Gasteiger partial charge in [-0.15, -0.1) is 11.3 Å². The molecule has 13 aromatic carbocycles. The van der Waals surface area contributed by atoms with E-state index in [0.717, 1.165) is 0 Å². The van der Waals surface area contributed by atoms with Crippen LogP contribution in [0.1, 0.15) is 0 Å². The van der Waals surface area contributed by atoms with E-state index in [0.29, 0.717) is 0 Å². The first-order valence-corrected chi connectivity index (χ1v) is 22.6. The highest BCUT2D eigenvalue weighted by atomic mass is 32.1. The lowest BCUT2D eigenvalue weighted by Crippen LogP contribution is -1.90. The minimum Gasteiger partial charge on any atom is -0.135 e. The highest BCUT2D eigenvalue weighted by Crippen LogP contribution is 2.46. The lowest BCUT2D eigenvalue weighted by atomic mass is 9.87. The third-order valence-corrected chi connectivity index (χ3v) is 15.0. The summed E-state index contributed by atoms with van der Waals surface area (Å²) in [5, 5.41) is 18.4. The molecule has 0 saturated heterocycles. The number of hydrogen-bond donors (Lipinski definition) is 0. The van der Waals surface area contributed by atoms with Crippen molar-refractivity contribution >= 4 is 96.1 Å². The lowest BCUT2D eigenvalue weighted by Gasteiger charge is -2.16. The average Bonchev–Trinajstić information content (AvgIpc) is 3.74. The summed E-state index contributed by atoms with van der Waals surface area (Å²) in [6.07, 6.45) is 0. The van der Waals surface area contributed by atoms with Crippen molar-refractivity contribution < 1.29 is 0 Å². The van der Waals surface area contributed by atoms with Crippen LogP contribution in [0, 0.1) is 0 Å². The molecule has 0 atom stereocenters. The van der Waals surface area contributed by atoms with Crippen LogP contribution in [0.4, 0.5) is 0 Å². The van der Waals surface area contributed by atoms with Crippen LogP contribution in [0.25, 0.3) is 140 Å². The number of rotatable bonds is 5. The van der Waals surface area contributed by atoms with Gasteiger partial charge >= 0.3 is 0 Å². The summed E-state index contributed by atoms with van der Waals surface area (Å²) < 4.78 is 2.64. The minimum atomic E-state index is 1.21. The lowest BCUT2D eigenvalue weighted by molar-refractivity contribution is 1.57. The maximum atomic E-state index is 2.43. The number of fused-ring (bicyclic) bond motifs is 3. The highest BCUT2D eigenvalue weighted by molar-refractivity contribution is 7.26. The van der Waals surface area contributed by atoms with E-state index in [1.165, 1.54) is 140 Å². The van der Waals surface area contributed by atoms with Crippen LogP contribution in [0.2, 0.25) is 0 Å². The molecule has 0 bridgehead atoms. The Balaban J connectivity index is 0.896. The second-order valence-corrected chi connectivity index (χ2v) is 18.2. The molecule has 0 N–H and O–H groups in total. The topological polar surface area (TPSA) is 0 Å². The van der Waals surface area contributed by atoms with Gasteiger partial charge < -0.3 is 0 Å². The third-order valence-electron chi connectivity index (χ3n) is 13.8. The van der Waals surface area contributed by atoms with E-state index in [1.807, 2.05) is 11.3 Å². The van der Waals surface area contributed by atoms with Gasteiger partial charge in [-0.1, -0.05) is 206 Å². The predicted molar refractivity (Wildman–Crippen MR) is 274 cm³/mol. The van der Waals surface area contributed by atoms with Gasteiger partial charge in [0.25, 0.3) is 0 Å². The number of hydrogen-bond acceptors (Lipinski definition) is 1. The molecule has 0 spiro atoms. The van der Waals surface area contributed by atoms with Crippen LogP contribution in [0.5, 0.6) is 0 Å². The van der Waals surface area contributed by atoms with E-state index in [4.69, 9.17) is 0 Å². The predicted octanol–water partition coefficient (Wildman–Crippen LogP) is 18.2. The minimum absolute atomic E-state index is 1.21. The number of benzene rings is 13. The Morgan fingerprint density at radius 2 is 0.651 bits per heavy atom. The first-order valence-electron chi connectivity index (χ1n) is 21.8. The highest BCUT2D eigenvalue weighted by Gasteiger charge is 2.18. The van der Waals surface area contributed by atoms with Gasteiger partial charge in [-0.25, -0.2) is 0 Å². The quantitative estimate of drug-likeness (QED) is 0.152. The summed E-state index contributed by atoms with van der Waals surface area (Å²) in [6, 6.07) is 81.9. The van der Waals surface area contributed by atoms with Crippen molar-refractivity contribution in [1.29, 1.82) is 0 Å². The molecule has 0 fully saturated rings. The molecular formula is C62H36S.